The molecule has 76 valence electrons. The molecule has 0 amide bonds. The van der Waals surface area contributed by atoms with E-state index in [2.05, 4.69) is 4.98 Å². The number of ether oxygens (including phenoxy) is 1. The van der Waals surface area contributed by atoms with Crippen LogP contribution < -0.4 is 16.2 Å². The highest BCUT2D eigenvalue weighted by atomic mass is 16.5. The predicted octanol–water partition coefficient (Wildman–Crippen LogP) is 0.540. The molecule has 0 aliphatic heterocycles. The smallest absolute Gasteiger partial charge is 0.131 e. The van der Waals surface area contributed by atoms with E-state index in [4.69, 9.17) is 16.2 Å². The molecule has 1 heterocycles. The zero-order valence-electron chi connectivity index (χ0n) is 8.07. The Hall–Kier alpha value is -1.13. The summed E-state index contributed by atoms with van der Waals surface area (Å²) < 4.78 is 5.77. The molecule has 1 saturated carbocycles. The first-order chi connectivity index (χ1) is 6.85. The molecule has 0 unspecified atom stereocenters. The molecule has 1 aromatic rings. The number of pyridine rings is 1. The van der Waals surface area contributed by atoms with Crippen molar-refractivity contribution >= 4 is 0 Å². The fraction of sp³-hybridized carbons (Fsp3) is 0.500. The van der Waals surface area contributed by atoms with Gasteiger partial charge in [-0.25, -0.2) is 0 Å². The Bertz CT molecular complexity index is 301. The van der Waals surface area contributed by atoms with Gasteiger partial charge in [-0.15, -0.1) is 0 Å². The van der Waals surface area contributed by atoms with Gasteiger partial charge in [0, 0.05) is 36.6 Å². The summed E-state index contributed by atoms with van der Waals surface area (Å²) in [6.45, 7) is 0.895. The highest BCUT2D eigenvalue weighted by Crippen LogP contribution is 2.31. The number of rotatable bonds is 4. The van der Waals surface area contributed by atoms with E-state index >= 15 is 0 Å². The Kier molecular flexibility index (Phi) is 2.65. The predicted molar refractivity (Wildman–Crippen MR) is 53.7 cm³/mol. The molecule has 1 aliphatic rings. The van der Waals surface area contributed by atoms with Gasteiger partial charge in [0.1, 0.15) is 5.75 Å². The van der Waals surface area contributed by atoms with Crippen molar-refractivity contribution in [3.05, 3.63) is 23.5 Å². The normalized spacial score (nSPS) is 15.6. The molecule has 2 rings (SSSR count). The molecule has 1 aliphatic carbocycles. The first-order valence-electron chi connectivity index (χ1n) is 4.87. The lowest BCUT2D eigenvalue weighted by molar-refractivity contribution is 0.296. The van der Waals surface area contributed by atoms with Gasteiger partial charge in [0.2, 0.25) is 0 Å². The molecule has 4 heteroatoms. The Labute approximate surface area is 83.3 Å². The van der Waals surface area contributed by atoms with Crippen LogP contribution in [-0.2, 0) is 13.1 Å². The molecule has 0 spiro atoms. The number of nitrogens with zero attached hydrogens (tertiary/aromatic N) is 1. The summed E-state index contributed by atoms with van der Waals surface area (Å²) in [5.74, 6) is 0.854. The highest BCUT2D eigenvalue weighted by Gasteiger charge is 2.25. The van der Waals surface area contributed by atoms with E-state index in [-0.39, 0.29) is 0 Å². The van der Waals surface area contributed by atoms with Gasteiger partial charge < -0.3 is 16.2 Å². The molecular weight excluding hydrogens is 178 g/mol. The van der Waals surface area contributed by atoms with Crippen LogP contribution in [0.25, 0.3) is 0 Å². The lowest BCUT2D eigenvalue weighted by Crippen LogP contribution is -2.09. The molecule has 4 N–H and O–H groups in total. The van der Waals surface area contributed by atoms with Gasteiger partial charge in [-0.1, -0.05) is 0 Å². The summed E-state index contributed by atoms with van der Waals surface area (Å²) in [5.41, 5.74) is 13.1. The third kappa shape index (κ3) is 1.86. The summed E-state index contributed by atoms with van der Waals surface area (Å²) >= 11 is 0. The minimum absolute atomic E-state index is 0.369. The Morgan fingerprint density at radius 2 is 1.79 bits per heavy atom. The largest absolute Gasteiger partial charge is 0.490 e. The zero-order chi connectivity index (χ0) is 9.97. The minimum atomic E-state index is 0.369. The molecule has 0 bridgehead atoms. The highest BCUT2D eigenvalue weighted by molar-refractivity contribution is 5.39. The Balaban J connectivity index is 2.29. The second-order valence-electron chi connectivity index (χ2n) is 3.51. The molecule has 0 radical (unpaired) electrons. The number of aromatic nitrogens is 1. The monoisotopic (exact) mass is 193 g/mol. The van der Waals surface area contributed by atoms with Gasteiger partial charge in [0.05, 0.1) is 6.10 Å². The van der Waals surface area contributed by atoms with Crippen LogP contribution in [0, 0.1) is 0 Å². The standard InChI is InChI=1S/C10H15N3O/c11-3-7-5-13-6-8(4-12)10(7)14-9-1-2-9/h5-6,9H,1-4,11-12H2. The summed E-state index contributed by atoms with van der Waals surface area (Å²) in [4.78, 5) is 4.07. The fourth-order valence-electron chi connectivity index (χ4n) is 1.34. The van der Waals surface area contributed by atoms with E-state index in [9.17, 15) is 0 Å². The van der Waals surface area contributed by atoms with Gasteiger partial charge in [0.15, 0.2) is 0 Å². The summed E-state index contributed by atoms with van der Waals surface area (Å²) in [5, 5.41) is 0. The molecule has 0 atom stereocenters. The molecule has 0 aromatic carbocycles. The van der Waals surface area contributed by atoms with Gasteiger partial charge in [-0.2, -0.15) is 0 Å². The van der Waals surface area contributed by atoms with Crippen molar-refractivity contribution in [2.24, 2.45) is 11.5 Å². The SMILES string of the molecule is NCc1cncc(CN)c1OC1CC1. The Morgan fingerprint density at radius 3 is 2.21 bits per heavy atom. The van der Waals surface area contributed by atoms with Crippen LogP contribution in [0.1, 0.15) is 24.0 Å². The van der Waals surface area contributed by atoms with E-state index in [1.807, 2.05) is 0 Å². The maximum atomic E-state index is 5.77. The average Bonchev–Trinajstić information content (AvgIpc) is 3.02. The van der Waals surface area contributed by atoms with Crippen LogP contribution >= 0.6 is 0 Å². The fourth-order valence-corrected chi connectivity index (χ4v) is 1.34. The van der Waals surface area contributed by atoms with Gasteiger partial charge in [0.25, 0.3) is 0 Å². The van der Waals surface area contributed by atoms with Crippen molar-refractivity contribution < 1.29 is 4.74 Å². The number of hydrogen-bond acceptors (Lipinski definition) is 4. The summed E-state index contributed by atoms with van der Waals surface area (Å²) in [7, 11) is 0. The second kappa shape index (κ2) is 3.94. The van der Waals surface area contributed by atoms with E-state index in [1.54, 1.807) is 12.4 Å². The molecule has 1 fully saturated rings. The van der Waals surface area contributed by atoms with E-state index in [1.165, 1.54) is 0 Å². The number of nitrogens with two attached hydrogens (primary N) is 2. The van der Waals surface area contributed by atoms with Crippen molar-refractivity contribution in [3.63, 3.8) is 0 Å². The van der Waals surface area contributed by atoms with Crippen molar-refractivity contribution in [1.82, 2.24) is 4.98 Å². The lowest BCUT2D eigenvalue weighted by Gasteiger charge is -2.12. The molecular formula is C10H15N3O. The van der Waals surface area contributed by atoms with Crippen LogP contribution in [0.5, 0.6) is 5.75 Å². The van der Waals surface area contributed by atoms with E-state index < -0.39 is 0 Å². The lowest BCUT2D eigenvalue weighted by atomic mass is 10.1. The Morgan fingerprint density at radius 1 is 1.21 bits per heavy atom. The maximum Gasteiger partial charge on any atom is 0.131 e. The molecule has 0 saturated heterocycles. The number of hydrogen-bond donors (Lipinski definition) is 2. The van der Waals surface area contributed by atoms with Crippen molar-refractivity contribution in [2.75, 3.05) is 0 Å². The average molecular weight is 193 g/mol. The maximum absolute atomic E-state index is 5.77. The molecule has 4 nitrogen and oxygen atoms in total. The molecule has 14 heavy (non-hydrogen) atoms. The van der Waals surface area contributed by atoms with Crippen molar-refractivity contribution in [1.29, 1.82) is 0 Å². The van der Waals surface area contributed by atoms with E-state index in [0.717, 1.165) is 29.7 Å². The van der Waals surface area contributed by atoms with Gasteiger partial charge >= 0.3 is 0 Å². The molecule has 1 aromatic heterocycles. The van der Waals surface area contributed by atoms with Crippen LogP contribution in [0.2, 0.25) is 0 Å². The summed E-state index contributed by atoms with van der Waals surface area (Å²) in [6, 6.07) is 0. The first kappa shape index (κ1) is 9.43. The second-order valence-corrected chi connectivity index (χ2v) is 3.51. The third-order valence-corrected chi connectivity index (χ3v) is 2.29. The third-order valence-electron chi connectivity index (χ3n) is 2.29. The van der Waals surface area contributed by atoms with E-state index in [0.29, 0.717) is 19.2 Å². The van der Waals surface area contributed by atoms with Crippen LogP contribution in [-0.4, -0.2) is 11.1 Å². The van der Waals surface area contributed by atoms with Crippen LogP contribution in [0.3, 0.4) is 0 Å². The van der Waals surface area contributed by atoms with Crippen molar-refractivity contribution in [3.8, 4) is 5.75 Å². The zero-order valence-corrected chi connectivity index (χ0v) is 8.07. The quantitative estimate of drug-likeness (QED) is 0.732. The van der Waals surface area contributed by atoms with Crippen LogP contribution in [0.4, 0.5) is 0 Å². The van der Waals surface area contributed by atoms with Gasteiger partial charge in [-0.3, -0.25) is 4.98 Å². The van der Waals surface area contributed by atoms with Crippen LogP contribution in [0.15, 0.2) is 12.4 Å². The topological polar surface area (TPSA) is 74.2 Å². The summed E-state index contributed by atoms with van der Waals surface area (Å²) in [6.07, 6.45) is 6.13. The first-order valence-corrected chi connectivity index (χ1v) is 4.87. The van der Waals surface area contributed by atoms with Crippen molar-refractivity contribution in [2.45, 2.75) is 32.0 Å². The minimum Gasteiger partial charge on any atom is -0.490 e. The van der Waals surface area contributed by atoms with Gasteiger partial charge in [-0.05, 0) is 12.8 Å².